The molecule has 250 valence electrons. The second-order valence-electron chi connectivity index (χ2n) is 12.2. The van der Waals surface area contributed by atoms with Crippen LogP contribution in [0.2, 0.25) is 0 Å². The molecule has 0 bridgehead atoms. The van der Waals surface area contributed by atoms with Crippen LogP contribution in [0.1, 0.15) is 52.2 Å². The molecule has 1 amide bonds. The van der Waals surface area contributed by atoms with Gasteiger partial charge >= 0.3 is 0 Å². The number of hydrogen-bond acceptors (Lipinski definition) is 6. The Hall–Kier alpha value is -4.61. The Morgan fingerprint density at radius 3 is 2.23 bits per heavy atom. The van der Waals surface area contributed by atoms with E-state index in [1.807, 2.05) is 80.6 Å². The Morgan fingerprint density at radius 1 is 0.812 bits per heavy atom. The Morgan fingerprint density at radius 2 is 1.50 bits per heavy atom. The molecule has 10 heteroatoms. The maximum absolute atomic E-state index is 12.8. The number of nitrogens with zero attached hydrogens (tertiary/aromatic N) is 2. The van der Waals surface area contributed by atoms with E-state index in [1.165, 1.54) is 0 Å². The summed E-state index contributed by atoms with van der Waals surface area (Å²) in [6, 6.07) is 31.9. The Balaban J connectivity index is 1.08. The number of carbonyl (C=O) groups is 1. The molecular formula is C38H43N5O4S. The van der Waals surface area contributed by atoms with Gasteiger partial charge in [-0.2, -0.15) is 0 Å². The number of benzene rings is 3. The lowest BCUT2D eigenvalue weighted by Gasteiger charge is -2.18. The minimum atomic E-state index is -3.70. The van der Waals surface area contributed by atoms with Crippen molar-refractivity contribution in [2.45, 2.75) is 63.7 Å². The van der Waals surface area contributed by atoms with Gasteiger partial charge < -0.3 is 20.3 Å². The smallest absolute Gasteiger partial charge is 0.240 e. The molecule has 5 aromatic rings. The first-order valence-electron chi connectivity index (χ1n) is 16.1. The number of nitrogens with one attached hydrogen (secondary N) is 3. The first kappa shape index (κ1) is 34.7. The van der Waals surface area contributed by atoms with Crippen molar-refractivity contribution in [3.63, 3.8) is 0 Å². The van der Waals surface area contributed by atoms with E-state index in [9.17, 15) is 18.3 Å². The van der Waals surface area contributed by atoms with Crippen molar-refractivity contribution in [3.8, 4) is 5.82 Å². The Labute approximate surface area is 283 Å². The van der Waals surface area contributed by atoms with Crippen LogP contribution in [-0.2, 0) is 40.7 Å². The van der Waals surface area contributed by atoms with Gasteiger partial charge in [-0.15, -0.1) is 0 Å². The van der Waals surface area contributed by atoms with Crippen molar-refractivity contribution in [3.05, 3.63) is 149 Å². The lowest BCUT2D eigenvalue weighted by molar-refractivity contribution is -0.120. The number of pyridine rings is 1. The van der Waals surface area contributed by atoms with Gasteiger partial charge in [-0.05, 0) is 79.8 Å². The highest BCUT2D eigenvalue weighted by molar-refractivity contribution is 7.89. The van der Waals surface area contributed by atoms with Crippen LogP contribution in [0.15, 0.2) is 114 Å². The largest absolute Gasteiger partial charge is 0.387 e. The molecule has 2 heterocycles. The van der Waals surface area contributed by atoms with E-state index in [1.54, 1.807) is 30.5 Å². The summed E-state index contributed by atoms with van der Waals surface area (Å²) >= 11 is 0. The molecule has 3 aromatic carbocycles. The number of sulfonamides is 1. The lowest BCUT2D eigenvalue weighted by Crippen LogP contribution is -2.32. The quantitative estimate of drug-likeness (QED) is 0.124. The van der Waals surface area contributed by atoms with Crippen LogP contribution in [-0.4, -0.2) is 41.6 Å². The van der Waals surface area contributed by atoms with Gasteiger partial charge in [-0.1, -0.05) is 72.8 Å². The Kier molecular flexibility index (Phi) is 11.6. The number of aromatic nitrogens is 2. The fourth-order valence-electron chi connectivity index (χ4n) is 5.61. The average molecular weight is 666 g/mol. The minimum Gasteiger partial charge on any atom is -0.387 e. The molecule has 0 saturated heterocycles. The first-order chi connectivity index (χ1) is 23.1. The zero-order valence-electron chi connectivity index (χ0n) is 27.6. The third kappa shape index (κ3) is 9.48. The molecule has 0 unspecified atom stereocenters. The summed E-state index contributed by atoms with van der Waals surface area (Å²) in [7, 11) is -3.70. The number of amides is 1. The summed E-state index contributed by atoms with van der Waals surface area (Å²) in [5, 5.41) is 17.1. The van der Waals surface area contributed by atoms with Gasteiger partial charge in [0, 0.05) is 48.8 Å². The molecule has 0 fully saturated rings. The van der Waals surface area contributed by atoms with E-state index in [0.717, 1.165) is 45.9 Å². The van der Waals surface area contributed by atoms with Crippen molar-refractivity contribution in [1.82, 2.24) is 24.9 Å². The van der Waals surface area contributed by atoms with E-state index in [0.29, 0.717) is 12.1 Å². The van der Waals surface area contributed by atoms with E-state index < -0.39 is 16.1 Å². The van der Waals surface area contributed by atoms with Crippen LogP contribution < -0.4 is 15.4 Å². The maximum atomic E-state index is 12.8. The normalized spacial score (nSPS) is 12.8. The zero-order valence-corrected chi connectivity index (χ0v) is 28.4. The molecule has 0 aliphatic rings. The topological polar surface area (TPSA) is 125 Å². The summed E-state index contributed by atoms with van der Waals surface area (Å²) in [5.74, 6) is 0.673. The van der Waals surface area contributed by atoms with Crippen LogP contribution in [0.3, 0.4) is 0 Å². The summed E-state index contributed by atoms with van der Waals surface area (Å²) in [6.45, 7) is 6.95. The van der Waals surface area contributed by atoms with E-state index in [-0.39, 0.29) is 36.4 Å². The first-order valence-corrected chi connectivity index (χ1v) is 17.6. The standard InChI is InChI=1S/C38H43N5O4S/c1-27(39-26-36(44)34-17-18-37(40-25-34)43-28(2)15-16-29(43)3)19-31-11-7-12-32(20-31)22-38(45)41-23-33-13-8-14-35(21-33)48(46,47)42-24-30-9-5-4-6-10-30/h4-18,20-21,25,27,36,39,42,44H,19,22-24,26H2,1-3H3,(H,41,45)/t27-,36+/m1/s1. The number of carbonyl (C=O) groups excluding carboxylic acids is 1. The number of aliphatic hydroxyl groups excluding tert-OH is 1. The van der Waals surface area contributed by atoms with Crippen molar-refractivity contribution in [2.24, 2.45) is 0 Å². The van der Waals surface area contributed by atoms with E-state index in [2.05, 4.69) is 44.0 Å². The summed E-state index contributed by atoms with van der Waals surface area (Å²) in [4.78, 5) is 17.5. The average Bonchev–Trinajstić information content (AvgIpc) is 3.43. The molecule has 0 radical (unpaired) electrons. The number of hydrogen-bond donors (Lipinski definition) is 4. The van der Waals surface area contributed by atoms with Crippen molar-refractivity contribution >= 4 is 15.9 Å². The van der Waals surface area contributed by atoms with Gasteiger partial charge in [0.25, 0.3) is 0 Å². The van der Waals surface area contributed by atoms with Gasteiger partial charge in [-0.25, -0.2) is 18.1 Å². The SMILES string of the molecule is Cc1ccc(C)n1-c1ccc([C@@H](O)CN[C@H](C)Cc2cccc(CC(=O)NCc3cccc(S(=O)(=O)NCc4ccccc4)c3)c2)cn1. The maximum Gasteiger partial charge on any atom is 0.240 e. The highest BCUT2D eigenvalue weighted by Gasteiger charge is 2.15. The molecule has 0 aliphatic carbocycles. The fraction of sp³-hybridized carbons (Fsp3) is 0.263. The highest BCUT2D eigenvalue weighted by atomic mass is 32.2. The predicted molar refractivity (Wildman–Crippen MR) is 188 cm³/mol. The van der Waals surface area contributed by atoms with Crippen LogP contribution in [0.4, 0.5) is 0 Å². The molecule has 0 aliphatic heterocycles. The monoisotopic (exact) mass is 665 g/mol. The van der Waals surface area contributed by atoms with Crippen LogP contribution in [0.5, 0.6) is 0 Å². The van der Waals surface area contributed by atoms with E-state index >= 15 is 0 Å². The van der Waals surface area contributed by atoms with Gasteiger partial charge in [0.15, 0.2) is 0 Å². The number of rotatable bonds is 15. The molecule has 0 saturated carbocycles. The molecule has 2 aromatic heterocycles. The lowest BCUT2D eigenvalue weighted by atomic mass is 10.0. The molecule has 2 atom stereocenters. The number of aryl methyl sites for hydroxylation is 2. The molecular weight excluding hydrogens is 623 g/mol. The Bertz CT molecular complexity index is 1910. The molecule has 48 heavy (non-hydrogen) atoms. The minimum absolute atomic E-state index is 0.0897. The molecule has 0 spiro atoms. The second kappa shape index (κ2) is 16.0. The summed E-state index contributed by atoms with van der Waals surface area (Å²) in [5.41, 5.74) is 6.50. The van der Waals surface area contributed by atoms with E-state index in [4.69, 9.17) is 0 Å². The van der Waals surface area contributed by atoms with Crippen LogP contribution >= 0.6 is 0 Å². The van der Waals surface area contributed by atoms with Crippen molar-refractivity contribution in [1.29, 1.82) is 0 Å². The van der Waals surface area contributed by atoms with Crippen LogP contribution in [0, 0.1) is 13.8 Å². The second-order valence-corrected chi connectivity index (χ2v) is 13.9. The molecule has 5 rings (SSSR count). The van der Waals surface area contributed by atoms with Crippen molar-refractivity contribution in [2.75, 3.05) is 6.54 Å². The van der Waals surface area contributed by atoms with Gasteiger partial charge in [0.05, 0.1) is 17.4 Å². The fourth-order valence-corrected chi connectivity index (χ4v) is 6.70. The molecule has 9 nitrogen and oxygen atoms in total. The van der Waals surface area contributed by atoms with Gasteiger partial charge in [0.1, 0.15) is 5.82 Å². The van der Waals surface area contributed by atoms with Gasteiger partial charge in [0.2, 0.25) is 15.9 Å². The third-order valence-electron chi connectivity index (χ3n) is 8.22. The zero-order chi connectivity index (χ0) is 34.1. The third-order valence-corrected chi connectivity index (χ3v) is 9.62. The predicted octanol–water partition coefficient (Wildman–Crippen LogP) is 5.08. The highest BCUT2D eigenvalue weighted by Crippen LogP contribution is 2.18. The summed E-state index contributed by atoms with van der Waals surface area (Å²) in [6.07, 6.45) is 1.96. The number of aliphatic hydroxyl groups is 1. The van der Waals surface area contributed by atoms with Gasteiger partial charge in [-0.3, -0.25) is 4.79 Å². The summed E-state index contributed by atoms with van der Waals surface area (Å²) < 4.78 is 30.4. The molecule has 4 N–H and O–H groups in total. The van der Waals surface area contributed by atoms with Crippen LogP contribution in [0.25, 0.3) is 5.82 Å². The van der Waals surface area contributed by atoms with Crippen molar-refractivity contribution < 1.29 is 18.3 Å².